The van der Waals surface area contributed by atoms with Crippen LogP contribution in [0.2, 0.25) is 0 Å². The molecule has 3 rings (SSSR count). The lowest BCUT2D eigenvalue weighted by atomic mass is 10.2. The third kappa shape index (κ3) is 4.14. The number of nitrogens with zero attached hydrogens (tertiary/aromatic N) is 2. The lowest BCUT2D eigenvalue weighted by Crippen LogP contribution is -3.00. The Morgan fingerprint density at radius 2 is 0.842 bits per heavy atom. The fourth-order valence-electron chi connectivity index (χ4n) is 4.02. The Bertz CT molecular complexity index is 237. The second-order valence-electron chi connectivity index (χ2n) is 6.33. The highest BCUT2D eigenvalue weighted by Gasteiger charge is 2.39. The van der Waals surface area contributed by atoms with Gasteiger partial charge in [0.2, 0.25) is 0 Å². The van der Waals surface area contributed by atoms with Crippen LogP contribution in [0.15, 0.2) is 0 Å². The number of nitrogens with one attached hydrogen (secondary N) is 2. The summed E-state index contributed by atoms with van der Waals surface area (Å²) in [4.78, 5) is 0. The van der Waals surface area contributed by atoms with Gasteiger partial charge in [-0.1, -0.05) is 0 Å². The SMILES string of the molecule is C1C[N+]2(CCNCC2)CC[N+]2(C1)CCNCC2.[Br-].[Br-]. The summed E-state index contributed by atoms with van der Waals surface area (Å²) in [6, 6.07) is 0. The first-order chi connectivity index (χ1) is 8.33. The molecular weight excluding hydrogens is 372 g/mol. The fourth-order valence-corrected chi connectivity index (χ4v) is 4.02. The van der Waals surface area contributed by atoms with Gasteiger partial charge in [0, 0.05) is 32.6 Å². The van der Waals surface area contributed by atoms with Crippen LogP contribution < -0.4 is 44.6 Å². The molecule has 0 aromatic carbocycles. The van der Waals surface area contributed by atoms with Gasteiger partial charge in [0.15, 0.2) is 0 Å². The van der Waals surface area contributed by atoms with Crippen LogP contribution in [0.5, 0.6) is 0 Å². The maximum absolute atomic E-state index is 3.52. The molecule has 3 saturated heterocycles. The Morgan fingerprint density at radius 1 is 0.474 bits per heavy atom. The van der Waals surface area contributed by atoms with Crippen LogP contribution in [0.4, 0.5) is 0 Å². The Balaban J connectivity index is 0.000000902. The highest BCUT2D eigenvalue weighted by Crippen LogP contribution is 2.20. The topological polar surface area (TPSA) is 24.1 Å². The number of hydrogen-bond donors (Lipinski definition) is 2. The maximum Gasteiger partial charge on any atom is 0.129 e. The van der Waals surface area contributed by atoms with E-state index in [9.17, 15) is 0 Å². The van der Waals surface area contributed by atoms with Gasteiger partial charge in [-0.3, -0.25) is 0 Å². The smallest absolute Gasteiger partial charge is 0.129 e. The van der Waals surface area contributed by atoms with Gasteiger partial charge in [-0.05, 0) is 0 Å². The molecule has 6 heteroatoms. The first-order valence-electron chi connectivity index (χ1n) is 7.44. The summed E-state index contributed by atoms with van der Waals surface area (Å²) in [6.07, 6.45) is 1.44. The molecule has 0 bridgehead atoms. The summed E-state index contributed by atoms with van der Waals surface area (Å²) in [5.74, 6) is 0. The monoisotopic (exact) mass is 398 g/mol. The fraction of sp³-hybridized carbons (Fsp3) is 1.00. The summed E-state index contributed by atoms with van der Waals surface area (Å²) in [6.45, 7) is 16.2. The zero-order valence-electron chi connectivity index (χ0n) is 11.8. The van der Waals surface area contributed by atoms with Crippen LogP contribution in [0, 0.1) is 0 Å². The average Bonchev–Trinajstić information content (AvgIpc) is 2.54. The van der Waals surface area contributed by atoms with Crippen molar-refractivity contribution in [1.82, 2.24) is 10.6 Å². The molecule has 3 aliphatic heterocycles. The third-order valence-electron chi connectivity index (χ3n) is 5.37. The lowest BCUT2D eigenvalue weighted by Gasteiger charge is -2.43. The molecule has 0 radical (unpaired) electrons. The van der Waals surface area contributed by atoms with Crippen LogP contribution in [0.3, 0.4) is 0 Å². The van der Waals surface area contributed by atoms with E-state index in [0.29, 0.717) is 0 Å². The van der Waals surface area contributed by atoms with E-state index in [0.717, 1.165) is 0 Å². The van der Waals surface area contributed by atoms with E-state index in [1.807, 2.05) is 0 Å². The molecule has 3 heterocycles. The van der Waals surface area contributed by atoms with Gasteiger partial charge in [0.05, 0.1) is 39.3 Å². The molecule has 4 nitrogen and oxygen atoms in total. The van der Waals surface area contributed by atoms with Gasteiger partial charge in [0.1, 0.15) is 13.1 Å². The first-order valence-corrected chi connectivity index (χ1v) is 7.44. The Morgan fingerprint density at radius 3 is 1.21 bits per heavy atom. The van der Waals surface area contributed by atoms with Crippen LogP contribution in [0.25, 0.3) is 0 Å². The predicted molar refractivity (Wildman–Crippen MR) is 69.8 cm³/mol. The predicted octanol–water partition coefficient (Wildman–Crippen LogP) is -6.76. The lowest BCUT2D eigenvalue weighted by molar-refractivity contribution is -0.965. The second-order valence-corrected chi connectivity index (χ2v) is 6.33. The number of hydrogen-bond acceptors (Lipinski definition) is 2. The first kappa shape index (κ1) is 17.9. The Labute approximate surface area is 138 Å². The average molecular weight is 400 g/mol. The largest absolute Gasteiger partial charge is 1.00 e. The van der Waals surface area contributed by atoms with Gasteiger partial charge in [-0.15, -0.1) is 0 Å². The molecule has 3 aliphatic rings. The molecule has 19 heavy (non-hydrogen) atoms. The molecule has 0 amide bonds. The van der Waals surface area contributed by atoms with Gasteiger partial charge >= 0.3 is 0 Å². The molecule has 0 aromatic heterocycles. The number of quaternary nitrogens is 2. The van der Waals surface area contributed by atoms with Crippen LogP contribution in [-0.2, 0) is 0 Å². The maximum atomic E-state index is 3.52. The molecule has 0 saturated carbocycles. The van der Waals surface area contributed by atoms with Gasteiger partial charge in [0.25, 0.3) is 0 Å². The summed E-state index contributed by atoms with van der Waals surface area (Å²) < 4.78 is 2.83. The second kappa shape index (κ2) is 7.71. The molecule has 0 aliphatic carbocycles. The highest BCUT2D eigenvalue weighted by molar-refractivity contribution is 4.64. The van der Waals surface area contributed by atoms with E-state index in [-0.39, 0.29) is 34.0 Å². The van der Waals surface area contributed by atoms with Crippen LogP contribution >= 0.6 is 0 Å². The van der Waals surface area contributed by atoms with Crippen molar-refractivity contribution in [3.63, 3.8) is 0 Å². The van der Waals surface area contributed by atoms with E-state index in [1.165, 1.54) is 93.9 Å². The Kier molecular flexibility index (Phi) is 7.24. The molecule has 2 spiro atoms. The van der Waals surface area contributed by atoms with Gasteiger partial charge in [-0.25, -0.2) is 0 Å². The molecule has 0 atom stereocenters. The van der Waals surface area contributed by atoms with Crippen molar-refractivity contribution >= 4 is 0 Å². The molecule has 114 valence electrons. The van der Waals surface area contributed by atoms with Crippen molar-refractivity contribution in [2.45, 2.75) is 6.42 Å². The summed E-state index contributed by atoms with van der Waals surface area (Å²) in [7, 11) is 0. The van der Waals surface area contributed by atoms with Crippen molar-refractivity contribution in [3.8, 4) is 0 Å². The van der Waals surface area contributed by atoms with Crippen molar-refractivity contribution in [3.05, 3.63) is 0 Å². The highest BCUT2D eigenvalue weighted by atomic mass is 79.9. The summed E-state index contributed by atoms with van der Waals surface area (Å²) in [5.41, 5.74) is 0. The minimum absolute atomic E-state index is 0. The standard InChI is InChI=1S/C13H28N4.2BrH/c1-6-16(8-2-14-3-9-16)12-13-17(7-1)10-4-15-5-11-17;;/h14-15H,1-13H2;2*1H/q+2;;/p-2. The Hall–Kier alpha value is 0.800. The normalized spacial score (nSPS) is 29.1. The van der Waals surface area contributed by atoms with Crippen molar-refractivity contribution in [1.29, 1.82) is 0 Å². The molecule has 0 aromatic rings. The van der Waals surface area contributed by atoms with Crippen molar-refractivity contribution in [2.75, 3.05) is 78.5 Å². The van der Waals surface area contributed by atoms with E-state index in [2.05, 4.69) is 10.6 Å². The quantitative estimate of drug-likeness (QED) is 0.396. The number of piperazine rings is 2. The van der Waals surface area contributed by atoms with Crippen molar-refractivity contribution in [2.24, 2.45) is 0 Å². The van der Waals surface area contributed by atoms with E-state index in [4.69, 9.17) is 0 Å². The number of rotatable bonds is 0. The van der Waals surface area contributed by atoms with E-state index < -0.39 is 0 Å². The summed E-state index contributed by atoms with van der Waals surface area (Å²) >= 11 is 0. The van der Waals surface area contributed by atoms with E-state index >= 15 is 0 Å². The third-order valence-corrected chi connectivity index (χ3v) is 5.37. The van der Waals surface area contributed by atoms with Crippen LogP contribution in [-0.4, -0.2) is 87.5 Å². The van der Waals surface area contributed by atoms with Gasteiger partial charge in [-0.2, -0.15) is 0 Å². The zero-order chi connectivity index (χ0) is 11.6. The van der Waals surface area contributed by atoms with Gasteiger partial charge < -0.3 is 53.6 Å². The molecular formula is C13H28Br2N4. The minimum atomic E-state index is 0. The zero-order valence-corrected chi connectivity index (χ0v) is 15.0. The van der Waals surface area contributed by atoms with Crippen LogP contribution in [0.1, 0.15) is 6.42 Å². The van der Waals surface area contributed by atoms with E-state index in [1.54, 1.807) is 0 Å². The number of halogens is 2. The molecule has 3 fully saturated rings. The molecule has 2 N–H and O–H groups in total. The summed E-state index contributed by atoms with van der Waals surface area (Å²) in [5, 5.41) is 7.03. The van der Waals surface area contributed by atoms with Crippen molar-refractivity contribution < 1.29 is 42.9 Å². The minimum Gasteiger partial charge on any atom is -1.00 e. The molecule has 0 unspecified atom stereocenters.